The monoisotopic (exact) mass is 299 g/mol. The van der Waals surface area contributed by atoms with E-state index in [2.05, 4.69) is 65.0 Å². The highest BCUT2D eigenvalue weighted by atomic mass is 32.2. The second-order valence-corrected chi connectivity index (χ2v) is 7.06. The van der Waals surface area contributed by atoms with Crippen LogP contribution >= 0.6 is 11.8 Å². The molecule has 0 saturated heterocycles. The van der Waals surface area contributed by atoms with Gasteiger partial charge in [0.05, 0.1) is 0 Å². The zero-order chi connectivity index (χ0) is 15.6. The van der Waals surface area contributed by atoms with Gasteiger partial charge in [0.2, 0.25) is 0 Å². The highest BCUT2D eigenvalue weighted by molar-refractivity contribution is 7.99. The molecule has 2 N–H and O–H groups in total. The van der Waals surface area contributed by atoms with E-state index in [0.29, 0.717) is 0 Å². The van der Waals surface area contributed by atoms with Gasteiger partial charge in [-0.2, -0.15) is 0 Å². The summed E-state index contributed by atoms with van der Waals surface area (Å²) in [6, 6.07) is 11.1. The van der Waals surface area contributed by atoms with Gasteiger partial charge in [-0.1, -0.05) is 35.4 Å². The van der Waals surface area contributed by atoms with Gasteiger partial charge in [0.25, 0.3) is 0 Å². The average molecular weight is 299 g/mol. The summed E-state index contributed by atoms with van der Waals surface area (Å²) in [7, 11) is 0. The maximum Gasteiger partial charge on any atom is 0.0395 e. The molecule has 2 rings (SSSR count). The lowest BCUT2D eigenvalue weighted by molar-refractivity contribution is 0.812. The first kappa shape index (κ1) is 16.1. The summed E-state index contributed by atoms with van der Waals surface area (Å²) in [4.78, 5) is 1.33. The van der Waals surface area contributed by atoms with E-state index in [1.165, 1.54) is 38.3 Å². The van der Waals surface area contributed by atoms with Crippen LogP contribution in [0.15, 0.2) is 35.2 Å². The van der Waals surface area contributed by atoms with Crippen molar-refractivity contribution in [2.24, 2.45) is 5.73 Å². The van der Waals surface area contributed by atoms with E-state index in [4.69, 9.17) is 5.73 Å². The zero-order valence-corrected chi connectivity index (χ0v) is 14.5. The van der Waals surface area contributed by atoms with Crippen molar-refractivity contribution in [1.29, 1.82) is 0 Å². The predicted molar refractivity (Wildman–Crippen MR) is 94.2 cm³/mol. The van der Waals surface area contributed by atoms with Gasteiger partial charge in [0.15, 0.2) is 0 Å². The highest BCUT2D eigenvalue weighted by Crippen LogP contribution is 2.29. The van der Waals surface area contributed by atoms with E-state index < -0.39 is 0 Å². The Balaban J connectivity index is 2.13. The summed E-state index contributed by atoms with van der Waals surface area (Å²) in [5.74, 6) is 0.911. The molecular formula is C19H25NS. The minimum Gasteiger partial charge on any atom is -0.323 e. The maximum absolute atomic E-state index is 6.45. The molecule has 1 unspecified atom stereocenters. The van der Waals surface area contributed by atoms with Crippen molar-refractivity contribution < 1.29 is 0 Å². The van der Waals surface area contributed by atoms with E-state index in [-0.39, 0.29) is 6.04 Å². The summed E-state index contributed by atoms with van der Waals surface area (Å²) in [6.07, 6.45) is 0. The molecule has 0 radical (unpaired) electrons. The molecule has 0 fully saturated rings. The molecule has 2 aromatic carbocycles. The number of aryl methyl sites for hydroxylation is 5. The molecule has 0 heterocycles. The molecular weight excluding hydrogens is 274 g/mol. The van der Waals surface area contributed by atoms with E-state index in [1.54, 1.807) is 0 Å². The molecule has 21 heavy (non-hydrogen) atoms. The van der Waals surface area contributed by atoms with Gasteiger partial charge in [-0.3, -0.25) is 0 Å². The Labute approximate surface area is 133 Å². The second kappa shape index (κ2) is 6.67. The summed E-state index contributed by atoms with van der Waals surface area (Å²) in [5, 5.41) is 0. The quantitative estimate of drug-likeness (QED) is 0.802. The van der Waals surface area contributed by atoms with Crippen LogP contribution in [-0.2, 0) is 0 Å². The fourth-order valence-electron chi connectivity index (χ4n) is 3.00. The van der Waals surface area contributed by atoms with Crippen LogP contribution < -0.4 is 5.73 Å². The first-order valence-corrected chi connectivity index (χ1v) is 8.40. The van der Waals surface area contributed by atoms with Crippen molar-refractivity contribution >= 4 is 11.8 Å². The van der Waals surface area contributed by atoms with Crippen LogP contribution in [0.1, 0.15) is 39.4 Å². The van der Waals surface area contributed by atoms with Gasteiger partial charge in [-0.25, -0.2) is 0 Å². The van der Waals surface area contributed by atoms with E-state index in [0.717, 1.165) is 5.75 Å². The van der Waals surface area contributed by atoms with Crippen LogP contribution in [0.4, 0.5) is 0 Å². The van der Waals surface area contributed by atoms with E-state index in [9.17, 15) is 0 Å². The maximum atomic E-state index is 6.45. The van der Waals surface area contributed by atoms with E-state index in [1.807, 2.05) is 11.8 Å². The first-order valence-electron chi connectivity index (χ1n) is 7.42. The van der Waals surface area contributed by atoms with Crippen molar-refractivity contribution in [3.05, 3.63) is 63.7 Å². The Kier molecular flexibility index (Phi) is 5.13. The molecule has 0 aliphatic rings. The Morgan fingerprint density at radius 1 is 0.857 bits per heavy atom. The number of thioether (sulfide) groups is 1. The molecule has 0 spiro atoms. The minimum absolute atomic E-state index is 0.0799. The predicted octanol–water partition coefficient (Wildman–Crippen LogP) is 5.02. The standard InChI is InChI=1S/C19H25NS/c1-12-6-7-18(14(3)8-12)21-11-17(20)19-15(4)9-13(2)10-16(19)5/h6-10,17H,11,20H2,1-5H3. The number of hydrogen-bond acceptors (Lipinski definition) is 2. The summed E-state index contributed by atoms with van der Waals surface area (Å²) < 4.78 is 0. The fourth-order valence-corrected chi connectivity index (χ4v) is 3.98. The normalized spacial score (nSPS) is 12.5. The molecule has 0 bridgehead atoms. The second-order valence-electron chi connectivity index (χ2n) is 6.00. The Morgan fingerprint density at radius 2 is 1.43 bits per heavy atom. The third kappa shape index (κ3) is 3.90. The molecule has 0 aliphatic heterocycles. The third-order valence-electron chi connectivity index (χ3n) is 3.86. The van der Waals surface area contributed by atoms with Crippen LogP contribution in [-0.4, -0.2) is 5.75 Å². The van der Waals surface area contributed by atoms with E-state index >= 15 is 0 Å². The van der Waals surface area contributed by atoms with Gasteiger partial charge in [-0.05, 0) is 62.9 Å². The lowest BCUT2D eigenvalue weighted by atomic mass is 9.95. The molecule has 2 heteroatoms. The Morgan fingerprint density at radius 3 is 2.00 bits per heavy atom. The molecule has 0 aliphatic carbocycles. The van der Waals surface area contributed by atoms with Crippen molar-refractivity contribution in [3.8, 4) is 0 Å². The molecule has 2 aromatic rings. The van der Waals surface area contributed by atoms with Crippen molar-refractivity contribution in [1.82, 2.24) is 0 Å². The van der Waals surface area contributed by atoms with Gasteiger partial charge in [0.1, 0.15) is 0 Å². The zero-order valence-electron chi connectivity index (χ0n) is 13.7. The fraction of sp³-hybridized carbons (Fsp3) is 0.368. The third-order valence-corrected chi connectivity index (χ3v) is 5.15. The number of rotatable bonds is 4. The van der Waals surface area contributed by atoms with Gasteiger partial charge < -0.3 is 5.73 Å². The first-order chi connectivity index (χ1) is 9.88. The van der Waals surface area contributed by atoms with Crippen LogP contribution in [0, 0.1) is 34.6 Å². The number of benzene rings is 2. The smallest absolute Gasteiger partial charge is 0.0395 e. The lowest BCUT2D eigenvalue weighted by Crippen LogP contribution is -2.16. The number of nitrogens with two attached hydrogens (primary N) is 1. The molecule has 0 saturated carbocycles. The lowest BCUT2D eigenvalue weighted by Gasteiger charge is -2.18. The van der Waals surface area contributed by atoms with Crippen LogP contribution in [0.2, 0.25) is 0 Å². The molecule has 112 valence electrons. The molecule has 0 aromatic heterocycles. The number of hydrogen-bond donors (Lipinski definition) is 1. The van der Waals surface area contributed by atoms with Gasteiger partial charge >= 0.3 is 0 Å². The molecule has 0 amide bonds. The molecule has 1 atom stereocenters. The summed E-state index contributed by atoms with van der Waals surface area (Å²) in [5.41, 5.74) is 14.3. The summed E-state index contributed by atoms with van der Waals surface area (Å²) >= 11 is 1.86. The van der Waals surface area contributed by atoms with Crippen LogP contribution in [0.3, 0.4) is 0 Å². The topological polar surface area (TPSA) is 26.0 Å². The van der Waals surface area contributed by atoms with Crippen molar-refractivity contribution in [3.63, 3.8) is 0 Å². The Bertz CT molecular complexity index is 623. The average Bonchev–Trinajstić information content (AvgIpc) is 2.36. The van der Waals surface area contributed by atoms with Crippen LogP contribution in [0.25, 0.3) is 0 Å². The van der Waals surface area contributed by atoms with Crippen molar-refractivity contribution in [2.45, 2.75) is 45.6 Å². The van der Waals surface area contributed by atoms with Gasteiger partial charge in [0, 0.05) is 16.7 Å². The largest absolute Gasteiger partial charge is 0.323 e. The van der Waals surface area contributed by atoms with Crippen molar-refractivity contribution in [2.75, 3.05) is 5.75 Å². The highest BCUT2D eigenvalue weighted by Gasteiger charge is 2.13. The summed E-state index contributed by atoms with van der Waals surface area (Å²) in [6.45, 7) is 10.8. The van der Waals surface area contributed by atoms with Crippen LogP contribution in [0.5, 0.6) is 0 Å². The SMILES string of the molecule is Cc1ccc(SCC(N)c2c(C)cc(C)cc2C)c(C)c1. The van der Waals surface area contributed by atoms with Gasteiger partial charge in [-0.15, -0.1) is 11.8 Å². The minimum atomic E-state index is 0.0799. The Hall–Kier alpha value is -1.25. The molecule has 1 nitrogen and oxygen atoms in total.